The Labute approximate surface area is 300 Å². The third-order valence-electron chi connectivity index (χ3n) is 8.45. The number of nitrogens with two attached hydrogens (primary N) is 2. The number of unbranched alkanes of at least 4 members (excludes halogenated alkanes) is 1. The number of nitrogens with one attached hydrogen (secondary N) is 8. The molecule has 0 aliphatic carbocycles. The molecule has 2 aromatic heterocycles. The first-order valence-electron chi connectivity index (χ1n) is 17.2. The minimum Gasteiger partial charge on any atom is -0.480 e. The van der Waals surface area contributed by atoms with E-state index >= 15 is 0 Å². The highest BCUT2D eigenvalue weighted by Crippen LogP contribution is 2.10. The molecular weight excluding hydrogens is 680 g/mol. The maximum Gasteiger partial charge on any atom is 0.326 e. The number of imidazole rings is 2. The second-order valence-corrected chi connectivity index (χ2v) is 13.0. The van der Waals surface area contributed by atoms with Crippen molar-refractivity contribution < 1.29 is 38.7 Å². The monoisotopic (exact) mass is 730 g/mol. The van der Waals surface area contributed by atoms with Crippen LogP contribution >= 0.6 is 0 Å². The Morgan fingerprint density at radius 1 is 0.808 bits per heavy atom. The highest BCUT2D eigenvalue weighted by Gasteiger charge is 2.35. The summed E-state index contributed by atoms with van der Waals surface area (Å²) in [5.41, 5.74) is 11.9. The van der Waals surface area contributed by atoms with Gasteiger partial charge in [0.15, 0.2) is 0 Å². The van der Waals surface area contributed by atoms with E-state index in [-0.39, 0.29) is 31.1 Å². The maximum absolute atomic E-state index is 13.9. The number of hydrogen-bond acceptors (Lipinski definition) is 11. The molecule has 20 heteroatoms. The van der Waals surface area contributed by atoms with E-state index in [4.69, 9.17) is 11.5 Å². The first-order valence-corrected chi connectivity index (χ1v) is 17.2. The number of carboxylic acid groups (broad SMARTS) is 1. The van der Waals surface area contributed by atoms with Gasteiger partial charge in [0.25, 0.3) is 0 Å². The number of amides is 6. The van der Waals surface area contributed by atoms with E-state index in [2.05, 4.69) is 51.8 Å². The fourth-order valence-electron chi connectivity index (χ4n) is 5.59. The average molecular weight is 731 g/mol. The minimum absolute atomic E-state index is 0.0566. The molecule has 0 aromatic carbocycles. The number of carbonyl (C=O) groups excluding carboxylic acids is 6. The minimum atomic E-state index is -1.59. The van der Waals surface area contributed by atoms with Crippen LogP contribution in [0.5, 0.6) is 0 Å². The first kappa shape index (κ1) is 41.1. The highest BCUT2D eigenvalue weighted by atomic mass is 16.4. The molecule has 3 rings (SSSR count). The molecule has 0 unspecified atom stereocenters. The van der Waals surface area contributed by atoms with Gasteiger partial charge in [-0.2, -0.15) is 0 Å². The molecule has 13 N–H and O–H groups in total. The molecule has 286 valence electrons. The predicted molar refractivity (Wildman–Crippen MR) is 184 cm³/mol. The second-order valence-electron chi connectivity index (χ2n) is 13.0. The van der Waals surface area contributed by atoms with E-state index in [1.165, 1.54) is 25.0 Å². The molecule has 2 aromatic rings. The van der Waals surface area contributed by atoms with E-state index in [1.807, 2.05) is 0 Å². The Balaban J connectivity index is 1.79. The van der Waals surface area contributed by atoms with Gasteiger partial charge in [-0.05, 0) is 51.1 Å². The lowest BCUT2D eigenvalue weighted by Crippen LogP contribution is -2.60. The van der Waals surface area contributed by atoms with E-state index < -0.39 is 78.2 Å². The summed E-state index contributed by atoms with van der Waals surface area (Å²) in [5.74, 6) is -6.25. The van der Waals surface area contributed by atoms with Gasteiger partial charge >= 0.3 is 5.97 Å². The summed E-state index contributed by atoms with van der Waals surface area (Å²) < 4.78 is 0. The van der Waals surface area contributed by atoms with Crippen molar-refractivity contribution in [2.24, 2.45) is 17.4 Å². The van der Waals surface area contributed by atoms with Gasteiger partial charge in [0.2, 0.25) is 35.4 Å². The fourth-order valence-corrected chi connectivity index (χ4v) is 5.59. The van der Waals surface area contributed by atoms with Crippen molar-refractivity contribution in [3.8, 4) is 0 Å². The lowest BCUT2D eigenvalue weighted by Gasteiger charge is -2.28. The number of rotatable bonds is 22. The van der Waals surface area contributed by atoms with Crippen molar-refractivity contribution in [3.63, 3.8) is 0 Å². The van der Waals surface area contributed by atoms with Crippen LogP contribution in [-0.4, -0.2) is 116 Å². The molecule has 52 heavy (non-hydrogen) atoms. The first-order chi connectivity index (χ1) is 24.8. The van der Waals surface area contributed by atoms with Crippen LogP contribution in [0.1, 0.15) is 63.8 Å². The number of carboxylic acids is 1. The molecule has 0 saturated carbocycles. The smallest absolute Gasteiger partial charge is 0.326 e. The highest BCUT2D eigenvalue weighted by molar-refractivity contribution is 5.97. The van der Waals surface area contributed by atoms with Crippen molar-refractivity contribution in [3.05, 3.63) is 36.4 Å². The quantitative estimate of drug-likeness (QED) is 0.0535. The molecule has 1 saturated heterocycles. The molecule has 0 radical (unpaired) electrons. The van der Waals surface area contributed by atoms with Gasteiger partial charge in [-0.3, -0.25) is 28.8 Å². The van der Waals surface area contributed by atoms with Gasteiger partial charge in [0.1, 0.15) is 30.2 Å². The van der Waals surface area contributed by atoms with E-state index in [1.54, 1.807) is 13.8 Å². The zero-order chi connectivity index (χ0) is 38.2. The van der Waals surface area contributed by atoms with Gasteiger partial charge in [-0.15, -0.1) is 0 Å². The third-order valence-corrected chi connectivity index (χ3v) is 8.45. The number of primary amides is 1. The summed E-state index contributed by atoms with van der Waals surface area (Å²) in [4.78, 5) is 104. The zero-order valence-electron chi connectivity index (χ0n) is 29.3. The van der Waals surface area contributed by atoms with Crippen LogP contribution in [0, 0.1) is 5.92 Å². The fraction of sp³-hybridized carbons (Fsp3) is 0.594. The van der Waals surface area contributed by atoms with Crippen LogP contribution < -0.4 is 43.4 Å². The summed E-state index contributed by atoms with van der Waals surface area (Å²) >= 11 is 0. The van der Waals surface area contributed by atoms with Crippen molar-refractivity contribution in [1.82, 2.24) is 51.8 Å². The van der Waals surface area contributed by atoms with Gasteiger partial charge in [0.05, 0.1) is 25.1 Å². The average Bonchev–Trinajstić information content (AvgIpc) is 3.90. The Bertz CT molecular complexity index is 1490. The van der Waals surface area contributed by atoms with Crippen LogP contribution in [0.15, 0.2) is 25.0 Å². The standard InChI is InChI=1S/C32H50N12O8/c1-17(2)26(44-27(46)20-7-5-9-37-20)31(50)42-22(10-18-13-35-15-38-18)29(48)40-21(6-3-4-8-33)28(47)41-23(12-25(34)45)30(49)43-24(32(51)52)11-19-14-36-16-39-19/h13-17,20-24,26,37H,3-12,33H2,1-2H3,(H2,34,45)(H,35,38)(H,36,39)(H,40,48)(H,41,47)(H,42,50)(H,43,49)(H,44,46)(H,51,52)/t20-,21-,22-,23-,24-,26-/m0/s1. The second kappa shape index (κ2) is 20.5. The van der Waals surface area contributed by atoms with Crippen molar-refractivity contribution >= 4 is 41.4 Å². The van der Waals surface area contributed by atoms with Crippen LogP contribution in [0.25, 0.3) is 0 Å². The van der Waals surface area contributed by atoms with Crippen LogP contribution in [0.3, 0.4) is 0 Å². The van der Waals surface area contributed by atoms with Gasteiger partial charge in [-0.25, -0.2) is 14.8 Å². The molecule has 1 aliphatic heterocycles. The summed E-state index contributed by atoms with van der Waals surface area (Å²) in [6.07, 6.45) is 7.06. The summed E-state index contributed by atoms with van der Waals surface area (Å²) in [5, 5.41) is 25.6. The number of aromatic amines is 2. The van der Waals surface area contributed by atoms with Gasteiger partial charge < -0.3 is 58.4 Å². The third kappa shape index (κ3) is 13.1. The number of nitrogens with zero attached hydrogens (tertiary/aromatic N) is 2. The Morgan fingerprint density at radius 2 is 1.37 bits per heavy atom. The molecule has 0 spiro atoms. The lowest BCUT2D eigenvalue weighted by molar-refractivity contribution is -0.142. The normalized spacial score (nSPS) is 16.9. The number of H-pyrrole nitrogens is 2. The van der Waals surface area contributed by atoms with Crippen molar-refractivity contribution in [2.45, 2.75) is 101 Å². The summed E-state index contributed by atoms with van der Waals surface area (Å²) in [6, 6.07) is -6.97. The van der Waals surface area contributed by atoms with Crippen molar-refractivity contribution in [2.75, 3.05) is 13.1 Å². The van der Waals surface area contributed by atoms with Crippen LogP contribution in [0.4, 0.5) is 0 Å². The summed E-state index contributed by atoms with van der Waals surface area (Å²) in [7, 11) is 0. The van der Waals surface area contributed by atoms with Crippen LogP contribution in [-0.2, 0) is 46.4 Å². The maximum atomic E-state index is 13.9. The Kier molecular flexibility index (Phi) is 16.2. The molecule has 0 bridgehead atoms. The van der Waals surface area contributed by atoms with Crippen LogP contribution in [0.2, 0.25) is 0 Å². The summed E-state index contributed by atoms with van der Waals surface area (Å²) in [6.45, 7) is 4.48. The molecule has 6 amide bonds. The molecule has 1 fully saturated rings. The Hall–Kier alpha value is -5.37. The topological polar surface area (TPSA) is 321 Å². The van der Waals surface area contributed by atoms with E-state index in [9.17, 15) is 38.7 Å². The molecule has 1 aliphatic rings. The SMILES string of the molecule is CC(C)[C@H](NC(=O)[C@@H]1CCCN1)C(=O)N[C@@H](Cc1cnc[nH]1)C(=O)N[C@@H](CCCCN)C(=O)N[C@@H](CC(N)=O)C(=O)N[C@@H](Cc1cnc[nH]1)C(=O)O. The molecular formula is C32H50N12O8. The Morgan fingerprint density at radius 3 is 1.88 bits per heavy atom. The molecule has 3 heterocycles. The number of hydrogen-bond donors (Lipinski definition) is 11. The zero-order valence-corrected chi connectivity index (χ0v) is 29.3. The van der Waals surface area contributed by atoms with E-state index in [0.717, 1.165) is 6.42 Å². The number of aliphatic carboxylic acids is 1. The molecule has 6 atom stereocenters. The van der Waals surface area contributed by atoms with Gasteiger partial charge in [0, 0.05) is 36.6 Å². The van der Waals surface area contributed by atoms with E-state index in [0.29, 0.717) is 43.7 Å². The lowest BCUT2D eigenvalue weighted by atomic mass is 10.0. The predicted octanol–water partition coefficient (Wildman–Crippen LogP) is -3.16. The number of aromatic nitrogens is 4. The van der Waals surface area contributed by atoms with Crippen molar-refractivity contribution in [1.29, 1.82) is 0 Å². The molecule has 20 nitrogen and oxygen atoms in total. The number of carbonyl (C=O) groups is 7. The largest absolute Gasteiger partial charge is 0.480 e. The van der Waals surface area contributed by atoms with Gasteiger partial charge in [-0.1, -0.05) is 13.8 Å².